The lowest BCUT2D eigenvalue weighted by Gasteiger charge is -2.15. The van der Waals surface area contributed by atoms with Crippen LogP contribution in [0, 0.1) is 0 Å². The number of carbonyl (C=O) groups excluding carboxylic acids is 1. The largest absolute Gasteiger partial charge is 0.457 e. The van der Waals surface area contributed by atoms with Crippen LogP contribution in [0.5, 0.6) is 11.5 Å². The number of ether oxygens (including phenoxy) is 1. The second-order valence-corrected chi connectivity index (χ2v) is 10.9. The average Bonchev–Trinajstić information content (AvgIpc) is 3.37. The molecule has 7 nitrogen and oxygen atoms in total. The van der Waals surface area contributed by atoms with Gasteiger partial charge in [-0.15, -0.1) is 0 Å². The van der Waals surface area contributed by atoms with Crippen LogP contribution >= 0.6 is 11.8 Å². The second kappa shape index (κ2) is 10.4. The van der Waals surface area contributed by atoms with Gasteiger partial charge in [0.15, 0.2) is 0 Å². The van der Waals surface area contributed by atoms with Gasteiger partial charge in [0.1, 0.15) is 16.4 Å². The van der Waals surface area contributed by atoms with Gasteiger partial charge in [0.25, 0.3) is 0 Å². The van der Waals surface area contributed by atoms with Gasteiger partial charge in [0, 0.05) is 25.0 Å². The van der Waals surface area contributed by atoms with Crippen molar-refractivity contribution in [3.8, 4) is 11.5 Å². The average molecular weight is 484 g/mol. The number of hydrogen-bond acceptors (Lipinski definition) is 6. The summed E-state index contributed by atoms with van der Waals surface area (Å²) < 4.78 is 32.5. The fourth-order valence-electron chi connectivity index (χ4n) is 3.38. The van der Waals surface area contributed by atoms with Gasteiger partial charge < -0.3 is 10.1 Å². The fourth-order valence-corrected chi connectivity index (χ4v) is 5.63. The van der Waals surface area contributed by atoms with Crippen LogP contribution in [0.1, 0.15) is 19.8 Å². The Labute approximate surface area is 198 Å². The predicted molar refractivity (Wildman–Crippen MR) is 129 cm³/mol. The first kappa shape index (κ1) is 23.3. The zero-order valence-electron chi connectivity index (χ0n) is 18.2. The summed E-state index contributed by atoms with van der Waals surface area (Å²) in [6.45, 7) is 2.88. The van der Waals surface area contributed by atoms with E-state index in [9.17, 15) is 13.2 Å². The lowest BCUT2D eigenvalue weighted by atomic mass is 10.3. The number of para-hydroxylation sites is 1. The molecule has 0 saturated carbocycles. The van der Waals surface area contributed by atoms with Crippen LogP contribution in [0.4, 0.5) is 5.69 Å². The maximum atomic E-state index is 12.6. The Balaban J connectivity index is 1.32. The van der Waals surface area contributed by atoms with Crippen LogP contribution in [-0.2, 0) is 14.8 Å². The first-order valence-corrected chi connectivity index (χ1v) is 13.0. The minimum absolute atomic E-state index is 0.174. The molecule has 0 radical (unpaired) electrons. The van der Waals surface area contributed by atoms with Crippen molar-refractivity contribution in [1.82, 2.24) is 9.29 Å². The SMILES string of the molecule is C[C@H](Sc1ccc(S(=O)(=O)N2CCCC2)cn1)C(=O)Nc1ccc(Oc2ccccc2)cc1. The smallest absolute Gasteiger partial charge is 0.244 e. The molecule has 1 saturated heterocycles. The highest BCUT2D eigenvalue weighted by Crippen LogP contribution is 2.26. The Morgan fingerprint density at radius 2 is 1.67 bits per heavy atom. The van der Waals surface area contributed by atoms with Crippen LogP contribution in [0.25, 0.3) is 0 Å². The maximum Gasteiger partial charge on any atom is 0.244 e. The number of sulfonamides is 1. The second-order valence-electron chi connectivity index (χ2n) is 7.63. The van der Waals surface area contributed by atoms with Crippen LogP contribution in [-0.4, -0.2) is 42.0 Å². The lowest BCUT2D eigenvalue weighted by Crippen LogP contribution is -2.28. The highest BCUT2D eigenvalue weighted by molar-refractivity contribution is 8.00. The summed E-state index contributed by atoms with van der Waals surface area (Å²) in [7, 11) is -3.49. The van der Waals surface area contributed by atoms with Crippen LogP contribution in [0.15, 0.2) is 82.8 Å². The number of rotatable bonds is 8. The highest BCUT2D eigenvalue weighted by atomic mass is 32.2. The minimum Gasteiger partial charge on any atom is -0.457 e. The quantitative estimate of drug-likeness (QED) is 0.464. The summed E-state index contributed by atoms with van der Waals surface area (Å²) in [6.07, 6.45) is 3.14. The predicted octanol–water partition coefficient (Wildman–Crippen LogP) is 4.78. The van der Waals surface area contributed by atoms with E-state index in [1.165, 1.54) is 22.3 Å². The highest BCUT2D eigenvalue weighted by Gasteiger charge is 2.27. The number of nitrogens with zero attached hydrogens (tertiary/aromatic N) is 2. The number of pyridine rings is 1. The van der Waals surface area contributed by atoms with Crippen molar-refractivity contribution in [3.63, 3.8) is 0 Å². The van der Waals surface area contributed by atoms with Crippen molar-refractivity contribution in [2.24, 2.45) is 0 Å². The molecule has 33 heavy (non-hydrogen) atoms. The molecule has 172 valence electrons. The van der Waals surface area contributed by atoms with Gasteiger partial charge in [-0.2, -0.15) is 4.31 Å². The molecule has 1 aliphatic rings. The molecule has 4 rings (SSSR count). The van der Waals surface area contributed by atoms with E-state index in [-0.39, 0.29) is 10.8 Å². The summed E-state index contributed by atoms with van der Waals surface area (Å²) in [5.41, 5.74) is 0.660. The molecule has 0 unspecified atom stereocenters. The van der Waals surface area contributed by atoms with Crippen molar-refractivity contribution in [2.45, 2.75) is 34.9 Å². The van der Waals surface area contributed by atoms with Crippen molar-refractivity contribution >= 4 is 33.4 Å². The topological polar surface area (TPSA) is 88.6 Å². The Bertz CT molecular complexity index is 1180. The molecular formula is C24H25N3O4S2. The molecular weight excluding hydrogens is 458 g/mol. The summed E-state index contributed by atoms with van der Waals surface area (Å²) in [5.74, 6) is 1.24. The van der Waals surface area contributed by atoms with E-state index in [1.807, 2.05) is 30.3 Å². The summed E-state index contributed by atoms with van der Waals surface area (Å²) in [5, 5.41) is 3.05. The number of anilines is 1. The molecule has 0 bridgehead atoms. The number of hydrogen-bond donors (Lipinski definition) is 1. The molecule has 1 N–H and O–H groups in total. The van der Waals surface area contributed by atoms with Gasteiger partial charge in [0.2, 0.25) is 15.9 Å². The molecule has 9 heteroatoms. The third-order valence-corrected chi connectivity index (χ3v) is 8.11. The molecule has 2 heterocycles. The van der Waals surface area contributed by atoms with Gasteiger partial charge in [-0.3, -0.25) is 4.79 Å². The van der Waals surface area contributed by atoms with Gasteiger partial charge in [-0.25, -0.2) is 13.4 Å². The minimum atomic E-state index is -3.49. The summed E-state index contributed by atoms with van der Waals surface area (Å²) in [4.78, 5) is 17.0. The van der Waals surface area contributed by atoms with Gasteiger partial charge in [0.05, 0.1) is 10.3 Å². The monoisotopic (exact) mass is 483 g/mol. The van der Waals surface area contributed by atoms with E-state index in [4.69, 9.17) is 4.74 Å². The maximum absolute atomic E-state index is 12.6. The van der Waals surface area contributed by atoms with Crippen LogP contribution in [0.3, 0.4) is 0 Å². The standard InChI is InChI=1S/C24H25N3O4S2/c1-18(32-23-14-13-22(17-25-23)33(29,30)27-15-5-6-16-27)24(28)26-19-9-11-21(12-10-19)31-20-7-3-2-4-8-20/h2-4,7-14,17-18H,5-6,15-16H2,1H3,(H,26,28)/t18-/m0/s1. The Hall–Kier alpha value is -2.88. The van der Waals surface area contributed by atoms with Crippen molar-refractivity contribution < 1.29 is 17.9 Å². The van der Waals surface area contributed by atoms with E-state index >= 15 is 0 Å². The van der Waals surface area contributed by atoms with Gasteiger partial charge >= 0.3 is 0 Å². The lowest BCUT2D eigenvalue weighted by molar-refractivity contribution is -0.115. The Morgan fingerprint density at radius 3 is 2.30 bits per heavy atom. The molecule has 3 aromatic rings. The first-order chi connectivity index (χ1) is 15.9. The van der Waals surface area contributed by atoms with E-state index in [0.717, 1.165) is 18.6 Å². The van der Waals surface area contributed by atoms with E-state index in [2.05, 4.69) is 10.3 Å². The molecule has 0 spiro atoms. The Morgan fingerprint density at radius 1 is 1.00 bits per heavy atom. The van der Waals surface area contributed by atoms with E-state index < -0.39 is 15.3 Å². The number of amides is 1. The summed E-state index contributed by atoms with van der Waals surface area (Å²) >= 11 is 1.27. The molecule has 1 aromatic heterocycles. The molecule has 1 atom stereocenters. The van der Waals surface area contributed by atoms with Crippen molar-refractivity contribution in [1.29, 1.82) is 0 Å². The Kier molecular flexibility index (Phi) is 7.32. The fraction of sp³-hybridized carbons (Fsp3) is 0.250. The van der Waals surface area contributed by atoms with Crippen LogP contribution in [0.2, 0.25) is 0 Å². The van der Waals surface area contributed by atoms with Crippen molar-refractivity contribution in [2.75, 3.05) is 18.4 Å². The first-order valence-electron chi connectivity index (χ1n) is 10.7. The number of thioether (sulfide) groups is 1. The van der Waals surface area contributed by atoms with E-state index in [0.29, 0.717) is 29.6 Å². The number of benzene rings is 2. The van der Waals surface area contributed by atoms with Crippen molar-refractivity contribution in [3.05, 3.63) is 72.9 Å². The number of aromatic nitrogens is 1. The zero-order valence-corrected chi connectivity index (χ0v) is 19.8. The van der Waals surface area contributed by atoms with E-state index in [1.54, 1.807) is 43.3 Å². The molecule has 1 fully saturated rings. The molecule has 1 amide bonds. The summed E-state index contributed by atoms with van der Waals surface area (Å²) in [6, 6.07) is 19.8. The molecule has 2 aromatic carbocycles. The third kappa shape index (κ3) is 5.93. The van der Waals surface area contributed by atoms with Gasteiger partial charge in [-0.1, -0.05) is 30.0 Å². The molecule has 0 aliphatic carbocycles. The number of carbonyl (C=O) groups is 1. The molecule has 1 aliphatic heterocycles. The zero-order chi connectivity index (χ0) is 23.3. The third-order valence-electron chi connectivity index (χ3n) is 5.18. The number of nitrogens with one attached hydrogen (secondary N) is 1. The normalized spacial score (nSPS) is 15.2. The van der Waals surface area contributed by atoms with Crippen LogP contribution < -0.4 is 10.1 Å². The van der Waals surface area contributed by atoms with Gasteiger partial charge in [-0.05, 0) is 68.3 Å².